The van der Waals surface area contributed by atoms with Crippen LogP contribution >= 0.6 is 0 Å². The Bertz CT molecular complexity index is 464. The Morgan fingerprint density at radius 2 is 2.00 bits per heavy atom. The first kappa shape index (κ1) is 16.0. The number of rotatable bonds is 5. The monoisotopic (exact) mass is 292 g/mol. The van der Waals surface area contributed by atoms with Crippen LogP contribution in [0, 0.1) is 5.92 Å². The first-order chi connectivity index (χ1) is 10.1. The Kier molecular flexibility index (Phi) is 5.34. The second-order valence-electron chi connectivity index (χ2n) is 5.78. The molecule has 21 heavy (non-hydrogen) atoms. The number of hydrogen-bond acceptors (Lipinski definition) is 4. The standard InChI is InChI=1S/C17H28N2O2/c1-6-18-15-9-10-19(13(3)12(15)2)16-11-14(20-4)7-8-17(16)21-5/h7-8,11-13,15,18H,6,9-10H2,1-5H3. The molecule has 1 N–H and O–H groups in total. The van der Waals surface area contributed by atoms with Gasteiger partial charge in [0.25, 0.3) is 0 Å². The van der Waals surface area contributed by atoms with E-state index in [1.54, 1.807) is 14.2 Å². The van der Waals surface area contributed by atoms with E-state index < -0.39 is 0 Å². The van der Waals surface area contributed by atoms with Crippen LogP contribution in [0.3, 0.4) is 0 Å². The topological polar surface area (TPSA) is 33.7 Å². The average Bonchev–Trinajstić information content (AvgIpc) is 2.51. The van der Waals surface area contributed by atoms with Crippen molar-refractivity contribution >= 4 is 5.69 Å². The van der Waals surface area contributed by atoms with Gasteiger partial charge in [0, 0.05) is 24.7 Å². The third-order valence-corrected chi connectivity index (χ3v) is 4.73. The molecular formula is C17H28N2O2. The van der Waals surface area contributed by atoms with Crippen molar-refractivity contribution in [3.63, 3.8) is 0 Å². The van der Waals surface area contributed by atoms with Crippen molar-refractivity contribution < 1.29 is 9.47 Å². The van der Waals surface area contributed by atoms with Crippen LogP contribution in [0.1, 0.15) is 27.2 Å². The molecular weight excluding hydrogens is 264 g/mol. The fourth-order valence-electron chi connectivity index (χ4n) is 3.28. The molecule has 0 saturated carbocycles. The number of nitrogens with one attached hydrogen (secondary N) is 1. The highest BCUT2D eigenvalue weighted by molar-refractivity contribution is 5.62. The largest absolute Gasteiger partial charge is 0.497 e. The second kappa shape index (κ2) is 7.03. The van der Waals surface area contributed by atoms with Crippen LogP contribution in [0.4, 0.5) is 5.69 Å². The van der Waals surface area contributed by atoms with Crippen LogP contribution in [0.15, 0.2) is 18.2 Å². The number of hydrogen-bond donors (Lipinski definition) is 1. The lowest BCUT2D eigenvalue weighted by Gasteiger charge is -2.44. The summed E-state index contributed by atoms with van der Waals surface area (Å²) < 4.78 is 10.9. The minimum Gasteiger partial charge on any atom is -0.497 e. The van der Waals surface area contributed by atoms with Gasteiger partial charge in [0.2, 0.25) is 0 Å². The molecule has 2 rings (SSSR count). The average molecular weight is 292 g/mol. The van der Waals surface area contributed by atoms with Gasteiger partial charge in [-0.25, -0.2) is 0 Å². The molecule has 1 aromatic rings. The lowest BCUT2D eigenvalue weighted by atomic mass is 9.86. The summed E-state index contributed by atoms with van der Waals surface area (Å²) >= 11 is 0. The van der Waals surface area contributed by atoms with Gasteiger partial charge in [0.15, 0.2) is 0 Å². The third kappa shape index (κ3) is 3.26. The summed E-state index contributed by atoms with van der Waals surface area (Å²) in [5.74, 6) is 2.38. The summed E-state index contributed by atoms with van der Waals surface area (Å²) in [4.78, 5) is 2.44. The normalized spacial score (nSPS) is 25.8. The van der Waals surface area contributed by atoms with Gasteiger partial charge >= 0.3 is 0 Å². The van der Waals surface area contributed by atoms with Gasteiger partial charge in [-0.15, -0.1) is 0 Å². The summed E-state index contributed by atoms with van der Waals surface area (Å²) in [5, 5.41) is 3.61. The molecule has 1 saturated heterocycles. The summed E-state index contributed by atoms with van der Waals surface area (Å²) in [7, 11) is 3.43. The molecule has 1 aliphatic rings. The molecule has 0 radical (unpaired) electrons. The van der Waals surface area contributed by atoms with Crippen LogP contribution in [0.25, 0.3) is 0 Å². The maximum atomic E-state index is 5.54. The Hall–Kier alpha value is -1.42. The molecule has 3 atom stereocenters. The fourth-order valence-corrected chi connectivity index (χ4v) is 3.28. The molecule has 1 aromatic carbocycles. The highest BCUT2D eigenvalue weighted by atomic mass is 16.5. The molecule has 0 amide bonds. The van der Waals surface area contributed by atoms with E-state index in [1.165, 1.54) is 0 Å². The van der Waals surface area contributed by atoms with Crippen LogP contribution in [-0.2, 0) is 0 Å². The summed E-state index contributed by atoms with van der Waals surface area (Å²) in [6, 6.07) is 7.07. The van der Waals surface area contributed by atoms with E-state index in [0.717, 1.165) is 36.7 Å². The predicted molar refractivity (Wildman–Crippen MR) is 87.6 cm³/mol. The van der Waals surface area contributed by atoms with Gasteiger partial charge in [-0.3, -0.25) is 0 Å². The molecule has 4 nitrogen and oxygen atoms in total. The van der Waals surface area contributed by atoms with Gasteiger partial charge < -0.3 is 19.7 Å². The molecule has 1 aliphatic heterocycles. The molecule has 0 bridgehead atoms. The van der Waals surface area contributed by atoms with Gasteiger partial charge in [-0.2, -0.15) is 0 Å². The van der Waals surface area contributed by atoms with Crippen molar-refractivity contribution in [2.75, 3.05) is 32.2 Å². The van der Waals surface area contributed by atoms with Crippen molar-refractivity contribution in [2.24, 2.45) is 5.92 Å². The number of benzene rings is 1. The van der Waals surface area contributed by atoms with Crippen LogP contribution < -0.4 is 19.7 Å². The molecule has 0 spiro atoms. The molecule has 4 heteroatoms. The minimum absolute atomic E-state index is 0.462. The lowest BCUT2D eigenvalue weighted by Crippen LogP contribution is -2.53. The zero-order valence-electron chi connectivity index (χ0n) is 13.8. The van der Waals surface area contributed by atoms with E-state index in [4.69, 9.17) is 9.47 Å². The highest BCUT2D eigenvalue weighted by Gasteiger charge is 2.33. The van der Waals surface area contributed by atoms with Gasteiger partial charge in [0.1, 0.15) is 11.5 Å². The molecule has 118 valence electrons. The van der Waals surface area contributed by atoms with Crippen LogP contribution in [0.2, 0.25) is 0 Å². The number of methoxy groups -OCH3 is 2. The number of piperidine rings is 1. The van der Waals surface area contributed by atoms with E-state index in [1.807, 2.05) is 12.1 Å². The number of anilines is 1. The van der Waals surface area contributed by atoms with Gasteiger partial charge in [-0.05, 0) is 37.9 Å². The van der Waals surface area contributed by atoms with Crippen molar-refractivity contribution in [2.45, 2.75) is 39.3 Å². The molecule has 0 aromatic heterocycles. The first-order valence-electron chi connectivity index (χ1n) is 7.84. The third-order valence-electron chi connectivity index (χ3n) is 4.73. The van der Waals surface area contributed by atoms with Crippen LogP contribution in [-0.4, -0.2) is 39.4 Å². The zero-order chi connectivity index (χ0) is 15.4. The Balaban J connectivity index is 2.26. The number of ether oxygens (including phenoxy) is 2. The van der Waals surface area contributed by atoms with Gasteiger partial charge in [0.05, 0.1) is 19.9 Å². The molecule has 0 aliphatic carbocycles. The van der Waals surface area contributed by atoms with E-state index in [-0.39, 0.29) is 0 Å². The van der Waals surface area contributed by atoms with E-state index in [0.29, 0.717) is 18.0 Å². The molecule has 1 heterocycles. The summed E-state index contributed by atoms with van der Waals surface area (Å²) in [6.07, 6.45) is 1.15. The van der Waals surface area contributed by atoms with E-state index in [9.17, 15) is 0 Å². The second-order valence-corrected chi connectivity index (χ2v) is 5.78. The van der Waals surface area contributed by atoms with Crippen molar-refractivity contribution in [3.05, 3.63) is 18.2 Å². The number of nitrogens with zero attached hydrogens (tertiary/aromatic N) is 1. The molecule has 3 unspecified atom stereocenters. The van der Waals surface area contributed by atoms with Crippen molar-refractivity contribution in [3.8, 4) is 11.5 Å². The Morgan fingerprint density at radius 1 is 1.24 bits per heavy atom. The van der Waals surface area contributed by atoms with Gasteiger partial charge in [-0.1, -0.05) is 13.8 Å². The Morgan fingerprint density at radius 3 is 2.62 bits per heavy atom. The van der Waals surface area contributed by atoms with Crippen LogP contribution in [0.5, 0.6) is 11.5 Å². The Labute approximate surface area is 128 Å². The maximum absolute atomic E-state index is 5.54. The SMILES string of the molecule is CCNC1CCN(c2cc(OC)ccc2OC)C(C)C1C. The maximum Gasteiger partial charge on any atom is 0.142 e. The predicted octanol–water partition coefficient (Wildman–Crippen LogP) is 2.92. The quantitative estimate of drug-likeness (QED) is 0.905. The fraction of sp³-hybridized carbons (Fsp3) is 0.647. The lowest BCUT2D eigenvalue weighted by molar-refractivity contribution is 0.272. The minimum atomic E-state index is 0.462. The first-order valence-corrected chi connectivity index (χ1v) is 7.84. The summed E-state index contributed by atoms with van der Waals surface area (Å²) in [5.41, 5.74) is 1.13. The van der Waals surface area contributed by atoms with Crippen molar-refractivity contribution in [1.82, 2.24) is 5.32 Å². The van der Waals surface area contributed by atoms with E-state index in [2.05, 4.69) is 37.1 Å². The smallest absolute Gasteiger partial charge is 0.142 e. The summed E-state index contributed by atoms with van der Waals surface area (Å²) in [6.45, 7) is 8.87. The zero-order valence-corrected chi connectivity index (χ0v) is 13.8. The van der Waals surface area contributed by atoms with Crippen molar-refractivity contribution in [1.29, 1.82) is 0 Å². The van der Waals surface area contributed by atoms with E-state index >= 15 is 0 Å². The molecule has 1 fully saturated rings. The highest BCUT2D eigenvalue weighted by Crippen LogP contribution is 2.37.